The van der Waals surface area contributed by atoms with Gasteiger partial charge in [-0.3, -0.25) is 4.79 Å². The molecule has 0 radical (unpaired) electrons. The second-order valence-electron chi connectivity index (χ2n) is 17.2. The third-order valence-electron chi connectivity index (χ3n) is 11.4. The third-order valence-corrected chi connectivity index (χ3v) is 11.4. The van der Waals surface area contributed by atoms with Crippen LogP contribution < -0.4 is 5.32 Å². The van der Waals surface area contributed by atoms with Gasteiger partial charge in [0.2, 0.25) is 5.91 Å². The van der Waals surface area contributed by atoms with Gasteiger partial charge in [0.15, 0.2) is 6.29 Å². The van der Waals surface area contributed by atoms with E-state index in [9.17, 15) is 30.3 Å². The van der Waals surface area contributed by atoms with E-state index in [2.05, 4.69) is 92.1 Å². The average molecular weight is 884 g/mol. The maximum absolute atomic E-state index is 13.0. The van der Waals surface area contributed by atoms with Crippen LogP contribution in [0.4, 0.5) is 0 Å². The van der Waals surface area contributed by atoms with Gasteiger partial charge in [-0.1, -0.05) is 189 Å². The summed E-state index contributed by atoms with van der Waals surface area (Å²) >= 11 is 0. The lowest BCUT2D eigenvalue weighted by Crippen LogP contribution is -2.60. The molecule has 7 unspecified atom stereocenters. The Hall–Kier alpha value is -2.63. The number of aliphatic hydroxyl groups is 5. The molecule has 0 aromatic heterocycles. The van der Waals surface area contributed by atoms with E-state index in [1.165, 1.54) is 83.5 Å². The summed E-state index contributed by atoms with van der Waals surface area (Å²) in [5.74, 6) is -0.203. The van der Waals surface area contributed by atoms with Gasteiger partial charge < -0.3 is 40.3 Å². The number of amides is 1. The maximum Gasteiger partial charge on any atom is 0.220 e. The Morgan fingerprint density at radius 2 is 1.00 bits per heavy atom. The monoisotopic (exact) mass is 884 g/mol. The van der Waals surface area contributed by atoms with Crippen LogP contribution in [0.25, 0.3) is 0 Å². The van der Waals surface area contributed by atoms with Crippen LogP contribution in [0.5, 0.6) is 0 Å². The summed E-state index contributed by atoms with van der Waals surface area (Å²) in [7, 11) is 0. The number of hydrogen-bond donors (Lipinski definition) is 6. The largest absolute Gasteiger partial charge is 0.394 e. The molecule has 1 saturated heterocycles. The van der Waals surface area contributed by atoms with Gasteiger partial charge in [-0.25, -0.2) is 0 Å². The number of ether oxygens (including phenoxy) is 2. The molecule has 1 aliphatic rings. The van der Waals surface area contributed by atoms with Crippen molar-refractivity contribution < 1.29 is 39.8 Å². The zero-order valence-electron chi connectivity index (χ0n) is 39.8. The molecule has 7 atom stereocenters. The predicted molar refractivity (Wildman–Crippen MR) is 262 cm³/mol. The zero-order valence-corrected chi connectivity index (χ0v) is 39.8. The van der Waals surface area contributed by atoms with Crippen LogP contribution in [0, 0.1) is 0 Å². The normalized spacial score (nSPS) is 20.9. The molecular weight excluding hydrogens is 791 g/mol. The molecule has 0 aromatic carbocycles. The number of rotatable bonds is 41. The summed E-state index contributed by atoms with van der Waals surface area (Å²) in [6, 6.07) is -0.837. The van der Waals surface area contributed by atoms with E-state index in [1.54, 1.807) is 6.08 Å². The fraction of sp³-hybridized carbons (Fsp3) is 0.722. The molecule has 9 nitrogen and oxygen atoms in total. The molecule has 1 amide bonds. The molecule has 1 rings (SSSR count). The van der Waals surface area contributed by atoms with Crippen molar-refractivity contribution in [3.8, 4) is 0 Å². The highest BCUT2D eigenvalue weighted by Crippen LogP contribution is 2.22. The number of aliphatic hydroxyl groups excluding tert-OH is 5. The van der Waals surface area contributed by atoms with Gasteiger partial charge in [0, 0.05) is 6.42 Å². The van der Waals surface area contributed by atoms with Crippen LogP contribution in [0.15, 0.2) is 85.1 Å². The third kappa shape index (κ3) is 33.5. The fourth-order valence-electron chi connectivity index (χ4n) is 7.41. The quantitative estimate of drug-likeness (QED) is 0.0263. The highest BCUT2D eigenvalue weighted by atomic mass is 16.7. The van der Waals surface area contributed by atoms with Crippen LogP contribution >= 0.6 is 0 Å². The van der Waals surface area contributed by atoms with Crippen molar-refractivity contribution >= 4 is 5.91 Å². The molecule has 9 heteroatoms. The zero-order chi connectivity index (χ0) is 45.9. The minimum Gasteiger partial charge on any atom is -0.394 e. The Morgan fingerprint density at radius 3 is 1.52 bits per heavy atom. The van der Waals surface area contributed by atoms with E-state index in [0.29, 0.717) is 6.42 Å². The average Bonchev–Trinajstić information content (AvgIpc) is 3.28. The van der Waals surface area contributed by atoms with E-state index >= 15 is 0 Å². The predicted octanol–water partition coefficient (Wildman–Crippen LogP) is 11.5. The van der Waals surface area contributed by atoms with Crippen LogP contribution in [-0.4, -0.2) is 87.5 Å². The number of hydrogen-bond acceptors (Lipinski definition) is 8. The van der Waals surface area contributed by atoms with E-state index in [1.807, 2.05) is 6.08 Å². The van der Waals surface area contributed by atoms with Gasteiger partial charge in [-0.05, 0) is 83.5 Å². The van der Waals surface area contributed by atoms with E-state index < -0.39 is 49.5 Å². The van der Waals surface area contributed by atoms with Crippen LogP contribution in [0.1, 0.15) is 194 Å². The summed E-state index contributed by atoms with van der Waals surface area (Å²) in [4.78, 5) is 13.0. The number of allylic oxidation sites excluding steroid dienone is 13. The standard InChI is InChI=1S/C54H93NO8/c1-3-5-7-9-11-13-15-17-19-21-23-24-26-28-30-32-34-36-38-40-42-44-50(58)55-47(46-62-54-53(61)52(60)51(59)49(45-56)63-54)48(57)43-41-39-37-35-33-31-29-27-25-22-20-18-16-14-12-10-8-6-4-2/h5,7,11,13,17,19,23-25,27,33,35,41,43,47-49,51-54,56-57,59-61H,3-4,6,8-10,12,14-16,18,20-22,26,28-32,34,36-40,42,44-46H2,1-2H3,(H,55,58)/b7-5-,13-11-,19-17-,24-23-,27-25+,35-33+,43-41+. The van der Waals surface area contributed by atoms with Crippen molar-refractivity contribution in [1.82, 2.24) is 5.32 Å². The van der Waals surface area contributed by atoms with Crippen LogP contribution in [-0.2, 0) is 14.3 Å². The molecule has 0 spiro atoms. The van der Waals surface area contributed by atoms with Crippen molar-refractivity contribution in [1.29, 1.82) is 0 Å². The molecule has 1 aliphatic heterocycles. The van der Waals surface area contributed by atoms with Crippen LogP contribution in [0.3, 0.4) is 0 Å². The first-order valence-corrected chi connectivity index (χ1v) is 25.3. The summed E-state index contributed by atoms with van der Waals surface area (Å²) in [5, 5.41) is 54.3. The van der Waals surface area contributed by atoms with E-state index in [-0.39, 0.29) is 12.5 Å². The SMILES string of the molecule is CC/C=C\C/C=C\C/C=C\C/C=C\CCCCCCCCCCC(=O)NC(COC1OC(CO)C(O)C(O)C1O)C(O)/C=C/CC/C=C/CC/C=C/CCCCCCCCCCC. The lowest BCUT2D eigenvalue weighted by atomic mass is 9.99. The van der Waals surface area contributed by atoms with Gasteiger partial charge in [0.05, 0.1) is 25.4 Å². The Kier molecular flexibility index (Phi) is 40.1. The Bertz CT molecular complexity index is 1260. The first-order valence-electron chi connectivity index (χ1n) is 25.3. The molecule has 1 heterocycles. The van der Waals surface area contributed by atoms with E-state index in [4.69, 9.17) is 9.47 Å². The van der Waals surface area contributed by atoms with Crippen molar-refractivity contribution in [2.24, 2.45) is 0 Å². The summed E-state index contributed by atoms with van der Waals surface area (Å²) in [6.45, 7) is 3.63. The highest BCUT2D eigenvalue weighted by Gasteiger charge is 2.44. The number of unbranched alkanes of at least 4 members (excludes halogenated alkanes) is 19. The molecule has 362 valence electrons. The first-order chi connectivity index (χ1) is 30.8. The Morgan fingerprint density at radius 1 is 0.556 bits per heavy atom. The molecule has 63 heavy (non-hydrogen) atoms. The van der Waals surface area contributed by atoms with Crippen molar-refractivity contribution in [2.75, 3.05) is 13.2 Å². The van der Waals surface area contributed by atoms with Gasteiger partial charge in [0.25, 0.3) is 0 Å². The highest BCUT2D eigenvalue weighted by molar-refractivity contribution is 5.76. The second-order valence-corrected chi connectivity index (χ2v) is 17.2. The van der Waals surface area contributed by atoms with Gasteiger partial charge in [-0.2, -0.15) is 0 Å². The molecule has 0 saturated carbocycles. The smallest absolute Gasteiger partial charge is 0.220 e. The molecule has 0 aliphatic carbocycles. The van der Waals surface area contributed by atoms with Gasteiger partial charge >= 0.3 is 0 Å². The Balaban J connectivity index is 2.36. The lowest BCUT2D eigenvalue weighted by Gasteiger charge is -2.40. The summed E-state index contributed by atoms with van der Waals surface area (Å²) in [6.07, 6.45) is 53.4. The van der Waals surface area contributed by atoms with Gasteiger partial charge in [-0.15, -0.1) is 0 Å². The van der Waals surface area contributed by atoms with Crippen LogP contribution in [0.2, 0.25) is 0 Å². The maximum atomic E-state index is 13.0. The fourth-order valence-corrected chi connectivity index (χ4v) is 7.41. The van der Waals surface area contributed by atoms with Crippen molar-refractivity contribution in [2.45, 2.75) is 236 Å². The number of carbonyl (C=O) groups is 1. The molecule has 1 fully saturated rings. The number of nitrogens with one attached hydrogen (secondary N) is 1. The minimum absolute atomic E-state index is 0.203. The van der Waals surface area contributed by atoms with Crippen molar-refractivity contribution in [3.05, 3.63) is 85.1 Å². The minimum atomic E-state index is -1.58. The molecule has 0 bridgehead atoms. The second kappa shape index (κ2) is 43.3. The Labute approximate surface area is 384 Å². The molecule has 6 N–H and O–H groups in total. The molecule has 0 aromatic rings. The first kappa shape index (κ1) is 58.4. The summed E-state index contributed by atoms with van der Waals surface area (Å²) in [5.41, 5.74) is 0. The van der Waals surface area contributed by atoms with Crippen molar-refractivity contribution in [3.63, 3.8) is 0 Å². The van der Waals surface area contributed by atoms with E-state index in [0.717, 1.165) is 89.9 Å². The van der Waals surface area contributed by atoms with Gasteiger partial charge in [0.1, 0.15) is 24.4 Å². The lowest BCUT2D eigenvalue weighted by molar-refractivity contribution is -0.302. The summed E-state index contributed by atoms with van der Waals surface area (Å²) < 4.78 is 11.2. The topological polar surface area (TPSA) is 149 Å². The number of carbonyl (C=O) groups excluding carboxylic acids is 1. The molecular formula is C54H93NO8.